The average Bonchev–Trinajstić information content (AvgIpc) is 2.60. The summed E-state index contributed by atoms with van der Waals surface area (Å²) in [5, 5.41) is 0. The molecule has 0 saturated heterocycles. The molecular formula is C21H21I2N. The zero-order valence-electron chi connectivity index (χ0n) is 13.9. The van der Waals surface area contributed by atoms with Gasteiger partial charge in [-0.05, 0) is 106 Å². The predicted octanol–water partition coefficient (Wildman–Crippen LogP) is 6.32. The Labute approximate surface area is 172 Å². The number of hydrogen-bond acceptors (Lipinski definition) is 1. The molecule has 0 aliphatic carbocycles. The third-order valence-electron chi connectivity index (χ3n) is 3.71. The summed E-state index contributed by atoms with van der Waals surface area (Å²) in [5.41, 5.74) is 12.0. The topological polar surface area (TPSA) is 26.0 Å². The van der Waals surface area contributed by atoms with Crippen LogP contribution in [0, 0.1) is 21.0 Å². The van der Waals surface area contributed by atoms with Crippen molar-refractivity contribution in [1.29, 1.82) is 0 Å². The average molecular weight is 541 g/mol. The van der Waals surface area contributed by atoms with Crippen molar-refractivity contribution in [3.8, 4) is 11.1 Å². The molecule has 3 rings (SSSR count). The number of nitrogens with two attached hydrogens (primary N) is 1. The molecule has 3 heteroatoms. The highest BCUT2D eigenvalue weighted by Gasteiger charge is 2.02. The zero-order valence-corrected chi connectivity index (χ0v) is 18.2. The quantitative estimate of drug-likeness (QED) is 0.378. The fraction of sp³-hybridized carbons (Fsp3) is 0.143. The van der Waals surface area contributed by atoms with Gasteiger partial charge in [-0.3, -0.25) is 0 Å². The van der Waals surface area contributed by atoms with E-state index in [1.807, 2.05) is 0 Å². The van der Waals surface area contributed by atoms with Crippen LogP contribution in [0.4, 0.5) is 0 Å². The molecule has 0 fully saturated rings. The van der Waals surface area contributed by atoms with E-state index in [1.54, 1.807) is 0 Å². The number of rotatable bonds is 2. The molecule has 0 saturated carbocycles. The van der Waals surface area contributed by atoms with Gasteiger partial charge >= 0.3 is 0 Å². The highest BCUT2D eigenvalue weighted by atomic mass is 127. The lowest BCUT2D eigenvalue weighted by atomic mass is 10.00. The van der Waals surface area contributed by atoms with Crippen LogP contribution in [0.15, 0.2) is 66.7 Å². The van der Waals surface area contributed by atoms with Gasteiger partial charge in [0.2, 0.25) is 0 Å². The van der Waals surface area contributed by atoms with Crippen LogP contribution in [0.1, 0.15) is 16.7 Å². The molecule has 0 spiro atoms. The maximum absolute atomic E-state index is 5.59. The van der Waals surface area contributed by atoms with Crippen LogP contribution in [0.2, 0.25) is 0 Å². The highest BCUT2D eigenvalue weighted by molar-refractivity contribution is 14.1. The third-order valence-corrected chi connectivity index (χ3v) is 5.10. The van der Waals surface area contributed by atoms with Crippen LogP contribution < -0.4 is 5.73 Å². The largest absolute Gasteiger partial charge is 0.326 e. The highest BCUT2D eigenvalue weighted by Crippen LogP contribution is 2.25. The van der Waals surface area contributed by atoms with Crippen LogP contribution in [0.3, 0.4) is 0 Å². The summed E-state index contributed by atoms with van der Waals surface area (Å²) in [4.78, 5) is 0. The lowest BCUT2D eigenvalue weighted by molar-refractivity contribution is 1.07. The van der Waals surface area contributed by atoms with E-state index >= 15 is 0 Å². The fourth-order valence-corrected chi connectivity index (χ4v) is 3.11. The lowest BCUT2D eigenvalue weighted by Gasteiger charge is -2.07. The molecule has 0 aliphatic rings. The van der Waals surface area contributed by atoms with Crippen LogP contribution in [0.25, 0.3) is 11.1 Å². The molecule has 124 valence electrons. The van der Waals surface area contributed by atoms with Gasteiger partial charge < -0.3 is 5.73 Å². The molecule has 0 radical (unpaired) electrons. The summed E-state index contributed by atoms with van der Waals surface area (Å²) in [6.07, 6.45) is 0. The molecule has 1 nitrogen and oxygen atoms in total. The first-order valence-corrected chi connectivity index (χ1v) is 9.93. The van der Waals surface area contributed by atoms with Crippen LogP contribution in [-0.2, 0) is 6.54 Å². The van der Waals surface area contributed by atoms with E-state index in [0.29, 0.717) is 6.54 Å². The molecule has 0 unspecified atom stereocenters. The van der Waals surface area contributed by atoms with Gasteiger partial charge in [0.1, 0.15) is 0 Å². The molecule has 0 amide bonds. The summed E-state index contributed by atoms with van der Waals surface area (Å²) >= 11 is 4.64. The minimum absolute atomic E-state index is 0.603. The molecule has 24 heavy (non-hydrogen) atoms. The Morgan fingerprint density at radius 1 is 0.750 bits per heavy atom. The summed E-state index contributed by atoms with van der Waals surface area (Å²) in [6.45, 7) is 4.84. The minimum atomic E-state index is 0.603. The van der Waals surface area contributed by atoms with Crippen LogP contribution in [0.5, 0.6) is 0 Å². The first-order chi connectivity index (χ1) is 11.5. The van der Waals surface area contributed by atoms with Crippen molar-refractivity contribution in [3.05, 3.63) is 90.6 Å². The second kappa shape index (κ2) is 9.53. The van der Waals surface area contributed by atoms with Crippen molar-refractivity contribution in [2.24, 2.45) is 5.73 Å². The van der Waals surface area contributed by atoms with Crippen molar-refractivity contribution < 1.29 is 0 Å². The molecule has 2 N–H and O–H groups in total. The SMILES string of the molecule is Cc1ccc(I)cc1.Cc1ccc(I)cc1-c1ccc(CN)cc1. The van der Waals surface area contributed by atoms with E-state index in [1.165, 1.54) is 35.0 Å². The Bertz CT molecular complexity index is 757. The second-order valence-corrected chi connectivity index (χ2v) is 8.15. The standard InChI is InChI=1S/C14H14IN.C7H7I/c1-10-2-7-13(15)8-14(10)12-5-3-11(9-16)4-6-12;1-6-2-4-7(8)5-3-6/h2-8H,9,16H2,1H3;2-5H,1H3. The first-order valence-electron chi connectivity index (χ1n) is 7.77. The van der Waals surface area contributed by atoms with E-state index < -0.39 is 0 Å². The van der Waals surface area contributed by atoms with Gasteiger partial charge in [0.25, 0.3) is 0 Å². The van der Waals surface area contributed by atoms with Crippen molar-refractivity contribution in [1.82, 2.24) is 0 Å². The van der Waals surface area contributed by atoms with E-state index in [2.05, 4.69) is 126 Å². The molecule has 0 aromatic heterocycles. The Morgan fingerprint density at radius 3 is 1.88 bits per heavy atom. The molecule has 0 aliphatic heterocycles. The third kappa shape index (κ3) is 5.86. The lowest BCUT2D eigenvalue weighted by Crippen LogP contribution is -1.95. The van der Waals surface area contributed by atoms with Crippen molar-refractivity contribution in [3.63, 3.8) is 0 Å². The monoisotopic (exact) mass is 541 g/mol. The summed E-state index contributed by atoms with van der Waals surface area (Å²) in [7, 11) is 0. The Hall–Kier alpha value is -0.920. The molecule has 0 heterocycles. The molecule has 0 bridgehead atoms. The summed E-state index contributed by atoms with van der Waals surface area (Å²) < 4.78 is 2.56. The maximum atomic E-state index is 5.59. The molecule has 3 aromatic rings. The van der Waals surface area contributed by atoms with Crippen LogP contribution in [-0.4, -0.2) is 0 Å². The Kier molecular flexibility index (Phi) is 7.71. The number of halogens is 2. The van der Waals surface area contributed by atoms with E-state index in [-0.39, 0.29) is 0 Å². The fourth-order valence-electron chi connectivity index (χ4n) is 2.26. The smallest absolute Gasteiger partial charge is 0.0178 e. The van der Waals surface area contributed by atoms with Gasteiger partial charge in [-0.2, -0.15) is 0 Å². The molecular weight excluding hydrogens is 520 g/mol. The summed E-state index contributed by atoms with van der Waals surface area (Å²) in [5.74, 6) is 0. The van der Waals surface area contributed by atoms with Gasteiger partial charge in [-0.15, -0.1) is 0 Å². The van der Waals surface area contributed by atoms with Gasteiger partial charge in [0.05, 0.1) is 0 Å². The molecule has 0 atom stereocenters. The van der Waals surface area contributed by atoms with Gasteiger partial charge in [0, 0.05) is 13.7 Å². The zero-order chi connectivity index (χ0) is 17.5. The molecule has 3 aromatic carbocycles. The number of aryl methyl sites for hydroxylation is 2. The van der Waals surface area contributed by atoms with E-state index in [4.69, 9.17) is 5.73 Å². The van der Waals surface area contributed by atoms with Crippen molar-refractivity contribution in [2.45, 2.75) is 20.4 Å². The van der Waals surface area contributed by atoms with Gasteiger partial charge in [0.15, 0.2) is 0 Å². The number of benzene rings is 3. The minimum Gasteiger partial charge on any atom is -0.326 e. The van der Waals surface area contributed by atoms with E-state index in [9.17, 15) is 0 Å². The van der Waals surface area contributed by atoms with Crippen molar-refractivity contribution in [2.75, 3.05) is 0 Å². The first kappa shape index (κ1) is 19.4. The van der Waals surface area contributed by atoms with Gasteiger partial charge in [-0.1, -0.05) is 48.0 Å². The normalized spacial score (nSPS) is 10.0. The Morgan fingerprint density at radius 2 is 1.33 bits per heavy atom. The predicted molar refractivity (Wildman–Crippen MR) is 121 cm³/mol. The van der Waals surface area contributed by atoms with E-state index in [0.717, 1.165) is 0 Å². The van der Waals surface area contributed by atoms with Gasteiger partial charge in [-0.25, -0.2) is 0 Å². The van der Waals surface area contributed by atoms with Crippen LogP contribution >= 0.6 is 45.2 Å². The van der Waals surface area contributed by atoms with Crippen molar-refractivity contribution >= 4 is 45.2 Å². The maximum Gasteiger partial charge on any atom is 0.0178 e. The summed E-state index contributed by atoms with van der Waals surface area (Å²) in [6, 6.07) is 23.4. The second-order valence-electron chi connectivity index (χ2n) is 5.66. The Balaban J connectivity index is 0.000000219. The number of hydrogen-bond donors (Lipinski definition) is 1.